The van der Waals surface area contributed by atoms with Gasteiger partial charge in [0, 0.05) is 23.7 Å². The Morgan fingerprint density at radius 1 is 1.25 bits per heavy atom. The summed E-state index contributed by atoms with van der Waals surface area (Å²) >= 11 is 5.88. The highest BCUT2D eigenvalue weighted by Crippen LogP contribution is 2.22. The Morgan fingerprint density at radius 3 is 2.44 bits per heavy atom. The summed E-state index contributed by atoms with van der Waals surface area (Å²) in [5.74, 6) is 0. The molecule has 2 rings (SSSR count). The number of rotatable bonds is 4. The first-order chi connectivity index (χ1) is 7.79. The van der Waals surface area contributed by atoms with Crippen LogP contribution in [-0.4, -0.2) is 12.6 Å². The van der Waals surface area contributed by atoms with Crippen LogP contribution in [0.25, 0.3) is 0 Å². The predicted molar refractivity (Wildman–Crippen MR) is 68.6 cm³/mol. The lowest BCUT2D eigenvalue weighted by Crippen LogP contribution is -2.35. The van der Waals surface area contributed by atoms with Gasteiger partial charge >= 0.3 is 0 Å². The van der Waals surface area contributed by atoms with Gasteiger partial charge in [0.2, 0.25) is 0 Å². The molecule has 1 aliphatic rings. The topological polar surface area (TPSA) is 38.0 Å². The molecule has 1 aromatic carbocycles. The van der Waals surface area contributed by atoms with Crippen molar-refractivity contribution in [3.63, 3.8) is 0 Å². The Hall–Kier alpha value is -0.570. The quantitative estimate of drug-likeness (QED) is 0.847. The Balaban J connectivity index is 2.00. The van der Waals surface area contributed by atoms with Gasteiger partial charge in [-0.2, -0.15) is 0 Å². The summed E-state index contributed by atoms with van der Waals surface area (Å²) in [5.41, 5.74) is 7.06. The third-order valence-corrected chi connectivity index (χ3v) is 3.55. The van der Waals surface area contributed by atoms with Crippen molar-refractivity contribution in [1.29, 1.82) is 0 Å². The summed E-state index contributed by atoms with van der Waals surface area (Å²) in [6.07, 6.45) is 5.25. The monoisotopic (exact) mass is 238 g/mol. The molecule has 1 unspecified atom stereocenters. The van der Waals surface area contributed by atoms with E-state index in [1.807, 2.05) is 12.1 Å². The molecule has 2 nitrogen and oxygen atoms in total. The standard InChI is InChI=1S/C13H19ClN2/c14-11-7-5-10(6-8-11)13(9-15)16-12-3-1-2-4-12/h5-8,12-13,16H,1-4,9,15H2. The maximum atomic E-state index is 5.88. The maximum Gasteiger partial charge on any atom is 0.0446 e. The fourth-order valence-corrected chi connectivity index (χ4v) is 2.50. The summed E-state index contributed by atoms with van der Waals surface area (Å²) in [5, 5.41) is 4.41. The van der Waals surface area contributed by atoms with Crippen LogP contribution in [0.1, 0.15) is 37.3 Å². The van der Waals surface area contributed by atoms with Gasteiger partial charge in [-0.05, 0) is 30.5 Å². The van der Waals surface area contributed by atoms with E-state index in [1.165, 1.54) is 31.2 Å². The van der Waals surface area contributed by atoms with Crippen molar-refractivity contribution < 1.29 is 0 Å². The highest BCUT2D eigenvalue weighted by Gasteiger charge is 2.19. The Labute approximate surface area is 102 Å². The first-order valence-electron chi connectivity index (χ1n) is 6.01. The number of hydrogen-bond acceptors (Lipinski definition) is 2. The third-order valence-electron chi connectivity index (χ3n) is 3.30. The van der Waals surface area contributed by atoms with Gasteiger partial charge < -0.3 is 11.1 Å². The van der Waals surface area contributed by atoms with Gasteiger partial charge in [-0.1, -0.05) is 36.6 Å². The van der Waals surface area contributed by atoms with Crippen LogP contribution in [0.2, 0.25) is 5.02 Å². The van der Waals surface area contributed by atoms with E-state index in [-0.39, 0.29) is 6.04 Å². The maximum absolute atomic E-state index is 5.88. The molecule has 1 aliphatic carbocycles. The first kappa shape index (κ1) is 11.9. The van der Waals surface area contributed by atoms with Crippen LogP contribution < -0.4 is 11.1 Å². The molecule has 0 aliphatic heterocycles. The van der Waals surface area contributed by atoms with Crippen molar-refractivity contribution in [3.8, 4) is 0 Å². The molecular formula is C13H19ClN2. The number of nitrogens with two attached hydrogens (primary N) is 1. The van der Waals surface area contributed by atoms with Crippen LogP contribution >= 0.6 is 11.6 Å². The molecule has 1 atom stereocenters. The minimum Gasteiger partial charge on any atom is -0.329 e. The second kappa shape index (κ2) is 5.67. The molecule has 1 saturated carbocycles. The molecule has 3 heteroatoms. The summed E-state index contributed by atoms with van der Waals surface area (Å²) in [6.45, 7) is 0.637. The van der Waals surface area contributed by atoms with Crippen molar-refractivity contribution in [1.82, 2.24) is 5.32 Å². The van der Waals surface area contributed by atoms with Crippen LogP contribution in [0.4, 0.5) is 0 Å². The second-order valence-corrected chi connectivity index (χ2v) is 4.92. The van der Waals surface area contributed by atoms with Gasteiger partial charge in [-0.25, -0.2) is 0 Å². The van der Waals surface area contributed by atoms with Crippen LogP contribution in [0, 0.1) is 0 Å². The molecular weight excluding hydrogens is 220 g/mol. The lowest BCUT2D eigenvalue weighted by atomic mass is 10.1. The van der Waals surface area contributed by atoms with E-state index in [2.05, 4.69) is 17.4 Å². The molecule has 0 heterocycles. The van der Waals surface area contributed by atoms with Crippen LogP contribution in [0.3, 0.4) is 0 Å². The van der Waals surface area contributed by atoms with E-state index in [0.717, 1.165) is 5.02 Å². The Morgan fingerprint density at radius 2 is 1.88 bits per heavy atom. The smallest absolute Gasteiger partial charge is 0.0446 e. The number of benzene rings is 1. The molecule has 0 spiro atoms. The van der Waals surface area contributed by atoms with Crippen molar-refractivity contribution >= 4 is 11.6 Å². The minimum absolute atomic E-state index is 0.264. The molecule has 0 aromatic heterocycles. The molecule has 0 radical (unpaired) electrons. The Bertz CT molecular complexity index is 317. The van der Waals surface area contributed by atoms with Crippen LogP contribution in [0.5, 0.6) is 0 Å². The average molecular weight is 239 g/mol. The van der Waals surface area contributed by atoms with E-state index >= 15 is 0 Å². The highest BCUT2D eigenvalue weighted by atomic mass is 35.5. The van der Waals surface area contributed by atoms with Crippen molar-refractivity contribution in [3.05, 3.63) is 34.9 Å². The number of halogens is 1. The van der Waals surface area contributed by atoms with Gasteiger partial charge in [0.25, 0.3) is 0 Å². The fraction of sp³-hybridized carbons (Fsp3) is 0.538. The van der Waals surface area contributed by atoms with Gasteiger partial charge in [0.15, 0.2) is 0 Å². The van der Waals surface area contributed by atoms with E-state index in [0.29, 0.717) is 12.6 Å². The van der Waals surface area contributed by atoms with Crippen LogP contribution in [-0.2, 0) is 0 Å². The predicted octanol–water partition coefficient (Wildman–Crippen LogP) is 2.87. The van der Waals surface area contributed by atoms with E-state index in [9.17, 15) is 0 Å². The van der Waals surface area contributed by atoms with E-state index in [4.69, 9.17) is 17.3 Å². The minimum atomic E-state index is 0.264. The Kier molecular flexibility index (Phi) is 4.22. The summed E-state index contributed by atoms with van der Waals surface area (Å²) < 4.78 is 0. The van der Waals surface area contributed by atoms with E-state index in [1.54, 1.807) is 0 Å². The molecule has 16 heavy (non-hydrogen) atoms. The summed E-state index contributed by atoms with van der Waals surface area (Å²) in [4.78, 5) is 0. The normalized spacial score (nSPS) is 18.9. The summed E-state index contributed by atoms with van der Waals surface area (Å²) in [7, 11) is 0. The van der Waals surface area contributed by atoms with Gasteiger partial charge in [0.05, 0.1) is 0 Å². The van der Waals surface area contributed by atoms with Gasteiger partial charge in [-0.3, -0.25) is 0 Å². The SMILES string of the molecule is NCC(NC1CCCC1)c1ccc(Cl)cc1. The van der Waals surface area contributed by atoms with Crippen molar-refractivity contribution in [2.75, 3.05) is 6.54 Å². The van der Waals surface area contributed by atoms with Crippen molar-refractivity contribution in [2.24, 2.45) is 5.73 Å². The molecule has 88 valence electrons. The number of nitrogens with one attached hydrogen (secondary N) is 1. The zero-order valence-electron chi connectivity index (χ0n) is 9.45. The largest absolute Gasteiger partial charge is 0.329 e. The molecule has 1 aromatic rings. The zero-order chi connectivity index (χ0) is 11.4. The molecule has 0 saturated heterocycles. The lowest BCUT2D eigenvalue weighted by molar-refractivity contribution is 0.444. The van der Waals surface area contributed by atoms with E-state index < -0.39 is 0 Å². The van der Waals surface area contributed by atoms with Crippen LogP contribution in [0.15, 0.2) is 24.3 Å². The van der Waals surface area contributed by atoms with Gasteiger partial charge in [-0.15, -0.1) is 0 Å². The molecule has 0 bridgehead atoms. The molecule has 1 fully saturated rings. The van der Waals surface area contributed by atoms with Crippen molar-refractivity contribution in [2.45, 2.75) is 37.8 Å². The average Bonchev–Trinajstić information content (AvgIpc) is 2.80. The molecule has 3 N–H and O–H groups in total. The van der Waals surface area contributed by atoms with Gasteiger partial charge in [0.1, 0.15) is 0 Å². The number of hydrogen-bond donors (Lipinski definition) is 2. The summed E-state index contributed by atoms with van der Waals surface area (Å²) in [6, 6.07) is 8.87. The lowest BCUT2D eigenvalue weighted by Gasteiger charge is -2.22. The first-order valence-corrected chi connectivity index (χ1v) is 6.39. The third kappa shape index (κ3) is 2.97. The molecule has 0 amide bonds. The zero-order valence-corrected chi connectivity index (χ0v) is 10.2. The highest BCUT2D eigenvalue weighted by molar-refractivity contribution is 6.30. The second-order valence-electron chi connectivity index (χ2n) is 4.49. The fourth-order valence-electron chi connectivity index (χ4n) is 2.37.